The van der Waals surface area contributed by atoms with E-state index >= 15 is 0 Å². The van der Waals surface area contributed by atoms with Gasteiger partial charge in [0.2, 0.25) is 0 Å². The molecule has 0 atom stereocenters. The molecule has 0 saturated heterocycles. The first-order valence-corrected chi connectivity index (χ1v) is 8.07. The summed E-state index contributed by atoms with van der Waals surface area (Å²) in [5, 5.41) is 30.8. The number of aliphatic hydroxyl groups excluding tert-OH is 2. The van der Waals surface area contributed by atoms with Crippen LogP contribution in [-0.2, 0) is 32.7 Å². The number of hydrogen-bond acceptors (Lipinski definition) is 4. The molecule has 1 radical (unpaired) electrons. The Bertz CT molecular complexity index is 469. The third kappa shape index (κ3) is 24.4. The summed E-state index contributed by atoms with van der Waals surface area (Å²) >= 11 is 0. The van der Waals surface area contributed by atoms with Gasteiger partial charge in [-0.05, 0) is 24.3 Å². The number of carboxylic acid groups (broad SMARTS) is 2. The first-order chi connectivity index (χ1) is 12.6. The summed E-state index contributed by atoms with van der Waals surface area (Å²) in [7, 11) is 2.00. The molecule has 0 heterocycles. The molecule has 0 aromatic heterocycles. The van der Waals surface area contributed by atoms with Crippen LogP contribution in [0.25, 0.3) is 0 Å². The fourth-order valence-electron chi connectivity index (χ4n) is 1.16. The summed E-state index contributed by atoms with van der Waals surface area (Å²) in [5.41, 5.74) is 0.662. The Morgan fingerprint density at radius 3 is 0.852 bits per heavy atom. The maximum atomic E-state index is 10.2. The molecule has 0 bridgehead atoms. The SMILES string of the molecule is CC.CC.CO.CO.O=C(O)c1ccccc1.O=C(O)c1ccccc1.[Y]. The van der Waals surface area contributed by atoms with Crippen LogP contribution in [0.15, 0.2) is 60.7 Å². The fraction of sp³-hybridized carbons (Fsp3) is 0.300. The van der Waals surface area contributed by atoms with Gasteiger partial charge in [-0.2, -0.15) is 0 Å². The van der Waals surface area contributed by atoms with E-state index in [4.69, 9.17) is 20.4 Å². The van der Waals surface area contributed by atoms with E-state index in [1.54, 1.807) is 60.7 Å². The standard InChI is InChI=1S/2C7H6O2.2C2H6.2CH4O.Y/c2*8-7(9)6-4-2-1-3-5-6;4*1-2;/h2*1-5H,(H,8,9);2*1-2H3;2*2H,1H3;. The number of carbonyl (C=O) groups is 2. The Hall–Kier alpha value is -1.60. The minimum Gasteiger partial charge on any atom is -0.478 e. The van der Waals surface area contributed by atoms with Crippen molar-refractivity contribution in [3.63, 3.8) is 0 Å². The van der Waals surface area contributed by atoms with Crippen LogP contribution < -0.4 is 0 Å². The van der Waals surface area contributed by atoms with Gasteiger partial charge in [-0.15, -0.1) is 0 Å². The van der Waals surface area contributed by atoms with Crippen molar-refractivity contribution in [3.8, 4) is 0 Å². The van der Waals surface area contributed by atoms with Crippen LogP contribution in [0.2, 0.25) is 0 Å². The average molecular weight is 457 g/mol. The summed E-state index contributed by atoms with van der Waals surface area (Å²) < 4.78 is 0. The quantitative estimate of drug-likeness (QED) is 0.541. The predicted octanol–water partition coefficient (Wildman–Crippen LogP) is 4.04. The largest absolute Gasteiger partial charge is 0.478 e. The molecule has 7 heteroatoms. The molecule has 0 amide bonds. The molecule has 0 spiro atoms. The molecule has 0 aliphatic rings. The van der Waals surface area contributed by atoms with Crippen LogP contribution in [0.5, 0.6) is 0 Å². The van der Waals surface area contributed by atoms with E-state index in [2.05, 4.69) is 0 Å². The second kappa shape index (κ2) is 32.1. The first kappa shape index (κ1) is 36.3. The Morgan fingerprint density at radius 2 is 0.741 bits per heavy atom. The van der Waals surface area contributed by atoms with Gasteiger partial charge in [-0.3, -0.25) is 0 Å². The van der Waals surface area contributed by atoms with Gasteiger partial charge in [-0.1, -0.05) is 64.1 Å². The van der Waals surface area contributed by atoms with E-state index in [0.717, 1.165) is 14.2 Å². The normalized spacial score (nSPS) is 6.81. The van der Waals surface area contributed by atoms with Crippen molar-refractivity contribution in [1.82, 2.24) is 0 Å². The van der Waals surface area contributed by atoms with Crippen LogP contribution in [0.3, 0.4) is 0 Å². The zero-order valence-electron chi connectivity index (χ0n) is 17.0. The van der Waals surface area contributed by atoms with Gasteiger partial charge >= 0.3 is 11.9 Å². The van der Waals surface area contributed by atoms with Gasteiger partial charge < -0.3 is 20.4 Å². The van der Waals surface area contributed by atoms with Crippen molar-refractivity contribution < 1.29 is 62.7 Å². The minimum atomic E-state index is -0.879. The van der Waals surface area contributed by atoms with Gasteiger partial charge in [0, 0.05) is 46.9 Å². The Labute approximate surface area is 187 Å². The van der Waals surface area contributed by atoms with Gasteiger partial charge in [-0.25, -0.2) is 9.59 Å². The third-order valence-electron chi connectivity index (χ3n) is 2.04. The molecule has 0 fully saturated rings. The van der Waals surface area contributed by atoms with Crippen molar-refractivity contribution in [2.45, 2.75) is 27.7 Å². The van der Waals surface area contributed by atoms with Crippen molar-refractivity contribution in [2.75, 3.05) is 14.2 Å². The second-order valence-corrected chi connectivity index (χ2v) is 3.34. The van der Waals surface area contributed by atoms with Crippen LogP contribution in [-0.4, -0.2) is 46.6 Å². The van der Waals surface area contributed by atoms with Gasteiger partial charge in [0.05, 0.1) is 11.1 Å². The topological polar surface area (TPSA) is 115 Å². The molecular weight excluding hydrogens is 425 g/mol. The van der Waals surface area contributed by atoms with Crippen LogP contribution in [0, 0.1) is 0 Å². The zero-order valence-corrected chi connectivity index (χ0v) is 19.8. The number of aliphatic hydroxyl groups is 2. The molecule has 6 nitrogen and oxygen atoms in total. The van der Waals surface area contributed by atoms with Gasteiger partial charge in [0.15, 0.2) is 0 Å². The molecule has 27 heavy (non-hydrogen) atoms. The molecule has 2 aromatic rings. The van der Waals surface area contributed by atoms with E-state index in [-0.39, 0.29) is 32.7 Å². The van der Waals surface area contributed by atoms with Gasteiger partial charge in [0.25, 0.3) is 0 Å². The molecule has 2 rings (SSSR count). The minimum absolute atomic E-state index is 0. The molecular formula is C20H32O6Y. The number of aromatic carboxylic acids is 2. The molecule has 0 aliphatic heterocycles. The maximum absolute atomic E-state index is 10.2. The second-order valence-electron chi connectivity index (χ2n) is 3.34. The number of carboxylic acids is 2. The Kier molecular flexibility index (Phi) is 43.2. The molecule has 151 valence electrons. The number of benzene rings is 2. The van der Waals surface area contributed by atoms with E-state index in [0.29, 0.717) is 11.1 Å². The smallest absolute Gasteiger partial charge is 0.335 e. The Morgan fingerprint density at radius 1 is 0.556 bits per heavy atom. The average Bonchev–Trinajstić information content (AvgIpc) is 2.75. The summed E-state index contributed by atoms with van der Waals surface area (Å²) in [4.78, 5) is 20.4. The van der Waals surface area contributed by atoms with E-state index in [1.165, 1.54) is 0 Å². The zero-order chi connectivity index (χ0) is 21.4. The van der Waals surface area contributed by atoms with Crippen LogP contribution >= 0.6 is 0 Å². The summed E-state index contributed by atoms with van der Waals surface area (Å²) in [6, 6.07) is 16.6. The maximum Gasteiger partial charge on any atom is 0.335 e. The summed E-state index contributed by atoms with van der Waals surface area (Å²) in [5.74, 6) is -1.76. The monoisotopic (exact) mass is 457 g/mol. The van der Waals surface area contributed by atoms with E-state index < -0.39 is 11.9 Å². The van der Waals surface area contributed by atoms with Crippen molar-refractivity contribution in [1.29, 1.82) is 0 Å². The predicted molar refractivity (Wildman–Crippen MR) is 106 cm³/mol. The molecule has 0 saturated carbocycles. The van der Waals surface area contributed by atoms with E-state index in [9.17, 15) is 9.59 Å². The van der Waals surface area contributed by atoms with Crippen molar-refractivity contribution in [2.24, 2.45) is 0 Å². The van der Waals surface area contributed by atoms with E-state index in [1.807, 2.05) is 27.7 Å². The molecule has 4 N–H and O–H groups in total. The van der Waals surface area contributed by atoms with Crippen molar-refractivity contribution >= 4 is 11.9 Å². The first-order valence-electron chi connectivity index (χ1n) is 8.07. The summed E-state index contributed by atoms with van der Waals surface area (Å²) in [6.45, 7) is 8.00. The number of rotatable bonds is 2. The van der Waals surface area contributed by atoms with Crippen LogP contribution in [0.4, 0.5) is 0 Å². The molecule has 0 aliphatic carbocycles. The molecule has 2 aromatic carbocycles. The fourth-order valence-corrected chi connectivity index (χ4v) is 1.16. The molecule has 0 unspecified atom stereocenters. The van der Waals surface area contributed by atoms with Crippen molar-refractivity contribution in [3.05, 3.63) is 71.8 Å². The Balaban J connectivity index is -0.0000000851. The van der Waals surface area contributed by atoms with Crippen LogP contribution in [0.1, 0.15) is 48.4 Å². The van der Waals surface area contributed by atoms with Gasteiger partial charge in [0.1, 0.15) is 0 Å². The third-order valence-corrected chi connectivity index (χ3v) is 2.04. The summed E-state index contributed by atoms with van der Waals surface area (Å²) in [6.07, 6.45) is 0. The number of hydrogen-bond donors (Lipinski definition) is 4.